The van der Waals surface area contributed by atoms with Crippen LogP contribution in [0.25, 0.3) is 0 Å². The maximum absolute atomic E-state index is 13.3. The SMILES string of the molecule is CCC(=O)N1C[C@@H](C)[C@H](OC)CN(C)C(=O)c2ccc(NC(=O)C3CCCCC3)cc2OC[C@H]1C. The number of nitrogens with one attached hydrogen (secondary N) is 1. The molecular weight excluding hydrogens is 446 g/mol. The Morgan fingerprint density at radius 2 is 1.86 bits per heavy atom. The van der Waals surface area contributed by atoms with Crippen LogP contribution in [0.5, 0.6) is 5.75 Å². The van der Waals surface area contributed by atoms with Crippen LogP contribution in [0.3, 0.4) is 0 Å². The van der Waals surface area contributed by atoms with Crippen LogP contribution in [-0.2, 0) is 14.3 Å². The van der Waals surface area contributed by atoms with Crippen LogP contribution in [0, 0.1) is 11.8 Å². The number of hydrogen-bond donors (Lipinski definition) is 1. The number of anilines is 1. The Bertz CT molecular complexity index is 899. The zero-order valence-corrected chi connectivity index (χ0v) is 21.8. The van der Waals surface area contributed by atoms with Crippen molar-refractivity contribution in [2.24, 2.45) is 11.8 Å². The van der Waals surface area contributed by atoms with Gasteiger partial charge in [0.15, 0.2) is 0 Å². The highest BCUT2D eigenvalue weighted by molar-refractivity contribution is 5.98. The molecule has 1 fully saturated rings. The fourth-order valence-electron chi connectivity index (χ4n) is 5.01. The third kappa shape index (κ3) is 6.75. The van der Waals surface area contributed by atoms with E-state index in [1.807, 2.05) is 25.7 Å². The molecule has 1 N–H and O–H groups in total. The fraction of sp³-hybridized carbons (Fsp3) is 0.667. The van der Waals surface area contributed by atoms with Crippen LogP contribution in [-0.4, -0.2) is 73.5 Å². The molecular formula is C27H41N3O5. The van der Waals surface area contributed by atoms with Gasteiger partial charge in [-0.1, -0.05) is 33.1 Å². The molecule has 3 atom stereocenters. The maximum Gasteiger partial charge on any atom is 0.257 e. The van der Waals surface area contributed by atoms with Gasteiger partial charge in [0.25, 0.3) is 5.91 Å². The van der Waals surface area contributed by atoms with Crippen molar-refractivity contribution < 1.29 is 23.9 Å². The fourth-order valence-corrected chi connectivity index (χ4v) is 5.01. The summed E-state index contributed by atoms with van der Waals surface area (Å²) in [6.07, 6.45) is 5.35. The van der Waals surface area contributed by atoms with E-state index < -0.39 is 0 Å². The van der Waals surface area contributed by atoms with Crippen molar-refractivity contribution in [2.45, 2.75) is 71.4 Å². The van der Waals surface area contributed by atoms with E-state index in [9.17, 15) is 14.4 Å². The second-order valence-corrected chi connectivity index (χ2v) is 10.0. The molecule has 0 spiro atoms. The van der Waals surface area contributed by atoms with Crippen LogP contribution >= 0.6 is 0 Å². The molecule has 1 aliphatic heterocycles. The van der Waals surface area contributed by atoms with Crippen molar-refractivity contribution in [1.82, 2.24) is 9.80 Å². The molecule has 1 saturated carbocycles. The topological polar surface area (TPSA) is 88.2 Å². The molecule has 1 aromatic carbocycles. The summed E-state index contributed by atoms with van der Waals surface area (Å²) in [5.74, 6) is 0.365. The lowest BCUT2D eigenvalue weighted by molar-refractivity contribution is -0.135. The third-order valence-corrected chi connectivity index (χ3v) is 7.31. The number of methoxy groups -OCH3 is 1. The van der Waals surface area contributed by atoms with Gasteiger partial charge >= 0.3 is 0 Å². The van der Waals surface area contributed by atoms with Gasteiger partial charge in [0, 0.05) is 57.3 Å². The average molecular weight is 488 g/mol. The maximum atomic E-state index is 13.3. The van der Waals surface area contributed by atoms with E-state index in [0.717, 1.165) is 25.7 Å². The van der Waals surface area contributed by atoms with E-state index in [1.165, 1.54) is 6.42 Å². The smallest absolute Gasteiger partial charge is 0.257 e. The minimum absolute atomic E-state index is 0.0197. The van der Waals surface area contributed by atoms with E-state index >= 15 is 0 Å². The highest BCUT2D eigenvalue weighted by atomic mass is 16.5. The molecule has 35 heavy (non-hydrogen) atoms. The Morgan fingerprint density at radius 3 is 2.51 bits per heavy atom. The monoisotopic (exact) mass is 487 g/mol. The molecule has 2 aliphatic rings. The molecule has 1 heterocycles. The van der Waals surface area contributed by atoms with Crippen molar-refractivity contribution >= 4 is 23.4 Å². The van der Waals surface area contributed by atoms with Crippen LogP contribution in [0.2, 0.25) is 0 Å². The first-order chi connectivity index (χ1) is 16.7. The minimum atomic E-state index is -0.221. The lowest BCUT2D eigenvalue weighted by atomic mass is 9.88. The lowest BCUT2D eigenvalue weighted by Gasteiger charge is -2.36. The van der Waals surface area contributed by atoms with Gasteiger partial charge in [-0.15, -0.1) is 0 Å². The zero-order valence-electron chi connectivity index (χ0n) is 21.8. The highest BCUT2D eigenvalue weighted by Gasteiger charge is 2.30. The Balaban J connectivity index is 1.89. The van der Waals surface area contributed by atoms with Crippen LogP contribution in [0.4, 0.5) is 5.69 Å². The Kier molecular flexibility index (Phi) is 9.55. The molecule has 1 aliphatic carbocycles. The minimum Gasteiger partial charge on any atom is -0.491 e. The number of fused-ring (bicyclic) bond motifs is 1. The van der Waals surface area contributed by atoms with Crippen LogP contribution in [0.1, 0.15) is 69.7 Å². The van der Waals surface area contributed by atoms with E-state index in [1.54, 1.807) is 37.3 Å². The molecule has 0 radical (unpaired) electrons. The molecule has 0 aromatic heterocycles. The standard InChI is InChI=1S/C27H41N3O5/c1-6-25(31)30-15-18(2)24(34-5)16-29(4)27(33)22-13-12-21(14-23(22)35-17-19(30)3)28-26(32)20-10-8-7-9-11-20/h12-14,18-20,24H,6-11,15-17H2,1-5H3,(H,28,32)/t18-,19-,24-/m1/s1. The van der Waals surface area contributed by atoms with Crippen molar-refractivity contribution in [3.8, 4) is 5.75 Å². The van der Waals surface area contributed by atoms with Gasteiger partial charge in [-0.3, -0.25) is 14.4 Å². The molecule has 3 rings (SSSR count). The number of rotatable bonds is 4. The first kappa shape index (κ1) is 27.0. The van der Waals surface area contributed by atoms with Gasteiger partial charge in [-0.05, 0) is 31.9 Å². The Hall–Kier alpha value is -2.61. The van der Waals surface area contributed by atoms with Gasteiger partial charge in [0.05, 0.1) is 17.7 Å². The summed E-state index contributed by atoms with van der Waals surface area (Å²) in [4.78, 5) is 42.3. The molecule has 194 valence electrons. The number of benzene rings is 1. The predicted molar refractivity (Wildman–Crippen MR) is 136 cm³/mol. The number of ether oxygens (including phenoxy) is 2. The Labute approximate surface area is 209 Å². The Morgan fingerprint density at radius 1 is 1.14 bits per heavy atom. The summed E-state index contributed by atoms with van der Waals surface area (Å²) in [7, 11) is 3.38. The number of nitrogens with zero attached hydrogens (tertiary/aromatic N) is 2. The summed E-state index contributed by atoms with van der Waals surface area (Å²) in [5.41, 5.74) is 1.03. The summed E-state index contributed by atoms with van der Waals surface area (Å²) in [6.45, 7) is 6.99. The number of likely N-dealkylation sites (N-methyl/N-ethyl adjacent to an activating group) is 1. The second-order valence-electron chi connectivity index (χ2n) is 10.0. The molecule has 0 bridgehead atoms. The van der Waals surface area contributed by atoms with E-state index in [2.05, 4.69) is 5.32 Å². The zero-order chi connectivity index (χ0) is 25.5. The van der Waals surface area contributed by atoms with Gasteiger partial charge in [0.1, 0.15) is 12.4 Å². The summed E-state index contributed by atoms with van der Waals surface area (Å²) in [5, 5.41) is 3.02. The first-order valence-electron chi connectivity index (χ1n) is 12.9. The highest BCUT2D eigenvalue weighted by Crippen LogP contribution is 2.29. The summed E-state index contributed by atoms with van der Waals surface area (Å²) >= 11 is 0. The van der Waals surface area contributed by atoms with Crippen LogP contribution in [0.15, 0.2) is 18.2 Å². The van der Waals surface area contributed by atoms with Crippen molar-refractivity contribution in [1.29, 1.82) is 0 Å². The second kappa shape index (κ2) is 12.4. The normalized spacial score (nSPS) is 24.6. The van der Waals surface area contributed by atoms with Gasteiger partial charge in [0.2, 0.25) is 11.8 Å². The quantitative estimate of drug-likeness (QED) is 0.695. The number of carbonyl (C=O) groups is 3. The average Bonchev–Trinajstić information content (AvgIpc) is 2.87. The largest absolute Gasteiger partial charge is 0.491 e. The van der Waals surface area contributed by atoms with Crippen LogP contribution < -0.4 is 10.1 Å². The van der Waals surface area contributed by atoms with Crippen molar-refractivity contribution in [2.75, 3.05) is 39.2 Å². The number of carbonyl (C=O) groups excluding carboxylic acids is 3. The van der Waals surface area contributed by atoms with Gasteiger partial charge < -0.3 is 24.6 Å². The molecule has 1 aromatic rings. The molecule has 0 unspecified atom stereocenters. The van der Waals surface area contributed by atoms with Gasteiger partial charge in [-0.2, -0.15) is 0 Å². The lowest BCUT2D eigenvalue weighted by Crippen LogP contribution is -2.48. The number of hydrogen-bond acceptors (Lipinski definition) is 5. The predicted octanol–water partition coefficient (Wildman–Crippen LogP) is 3.95. The number of amides is 3. The first-order valence-corrected chi connectivity index (χ1v) is 12.9. The van der Waals surface area contributed by atoms with Crippen molar-refractivity contribution in [3.63, 3.8) is 0 Å². The molecule has 8 nitrogen and oxygen atoms in total. The molecule has 8 heteroatoms. The van der Waals surface area contributed by atoms with Crippen molar-refractivity contribution in [3.05, 3.63) is 23.8 Å². The van der Waals surface area contributed by atoms with E-state index in [-0.39, 0.29) is 48.3 Å². The summed E-state index contributed by atoms with van der Waals surface area (Å²) < 4.78 is 11.9. The molecule has 0 saturated heterocycles. The van der Waals surface area contributed by atoms with E-state index in [4.69, 9.17) is 9.47 Å². The third-order valence-electron chi connectivity index (χ3n) is 7.31. The molecule has 3 amide bonds. The van der Waals surface area contributed by atoms with E-state index in [0.29, 0.717) is 36.5 Å². The van der Waals surface area contributed by atoms with Gasteiger partial charge in [-0.25, -0.2) is 0 Å². The summed E-state index contributed by atoms with van der Waals surface area (Å²) in [6, 6.07) is 5.00.